The monoisotopic (exact) mass is 363 g/mol. The van der Waals surface area contributed by atoms with Gasteiger partial charge in [-0.25, -0.2) is 0 Å². The first-order chi connectivity index (χ1) is 12.3. The summed E-state index contributed by atoms with van der Waals surface area (Å²) in [5.41, 5.74) is 2.06. The average molecular weight is 364 g/mol. The predicted molar refractivity (Wildman–Crippen MR) is 103 cm³/mol. The fourth-order valence-electron chi connectivity index (χ4n) is 3.62. The molecule has 3 rings (SSSR count). The molecule has 1 saturated heterocycles. The molecule has 1 aromatic carbocycles. The third kappa shape index (κ3) is 6.32. The van der Waals surface area contributed by atoms with E-state index in [0.717, 1.165) is 56.0 Å². The first-order valence-electron chi connectivity index (χ1n) is 9.71. The van der Waals surface area contributed by atoms with Crippen LogP contribution in [-0.2, 0) is 11.3 Å². The van der Waals surface area contributed by atoms with Crippen LogP contribution in [0.5, 0.6) is 0 Å². The van der Waals surface area contributed by atoms with E-state index in [1.807, 2.05) is 23.9 Å². The van der Waals surface area contributed by atoms with Crippen LogP contribution in [0, 0.1) is 0 Å². The second kappa shape index (κ2) is 10.2. The van der Waals surface area contributed by atoms with Gasteiger partial charge in [0.15, 0.2) is 0 Å². The van der Waals surface area contributed by atoms with Crippen LogP contribution >= 0.6 is 11.8 Å². The molecule has 0 unspecified atom stereocenters. The number of ether oxygens (including phenoxy) is 1. The van der Waals surface area contributed by atoms with Gasteiger partial charge in [-0.15, -0.1) is 0 Å². The van der Waals surface area contributed by atoms with Crippen LogP contribution in [0.2, 0.25) is 0 Å². The molecule has 1 aromatic rings. The Balaban J connectivity index is 1.36. The predicted octanol–water partition coefficient (Wildman–Crippen LogP) is 1.90. The maximum Gasteiger partial charge on any atom is 0.251 e. The van der Waals surface area contributed by atoms with Crippen molar-refractivity contribution >= 4 is 17.7 Å². The Morgan fingerprint density at radius 2 is 1.84 bits per heavy atom. The largest absolute Gasteiger partial charge is 0.370 e. The van der Waals surface area contributed by atoms with Crippen molar-refractivity contribution in [2.75, 3.05) is 38.6 Å². The molecule has 0 spiro atoms. The summed E-state index contributed by atoms with van der Waals surface area (Å²) in [6.45, 7) is 5.63. The smallest absolute Gasteiger partial charge is 0.251 e. The van der Waals surface area contributed by atoms with Gasteiger partial charge in [-0.2, -0.15) is 11.8 Å². The van der Waals surface area contributed by atoms with Gasteiger partial charge >= 0.3 is 0 Å². The van der Waals surface area contributed by atoms with Gasteiger partial charge in [0.25, 0.3) is 5.91 Å². The summed E-state index contributed by atoms with van der Waals surface area (Å²) in [6, 6.07) is 8.10. The Kier molecular flexibility index (Phi) is 7.64. The molecule has 2 N–H and O–H groups in total. The van der Waals surface area contributed by atoms with E-state index in [9.17, 15) is 4.79 Å². The minimum Gasteiger partial charge on any atom is -0.370 e. The highest BCUT2D eigenvalue weighted by atomic mass is 32.2. The maximum atomic E-state index is 12.3. The fourth-order valence-corrected chi connectivity index (χ4v) is 4.84. The van der Waals surface area contributed by atoms with Crippen molar-refractivity contribution in [3.63, 3.8) is 0 Å². The molecular weight excluding hydrogens is 332 g/mol. The lowest BCUT2D eigenvalue weighted by molar-refractivity contribution is -0.921. The zero-order valence-corrected chi connectivity index (χ0v) is 15.9. The topological polar surface area (TPSA) is 42.8 Å². The molecule has 2 aliphatic rings. The number of carbonyl (C=O) groups is 1. The number of carbonyl (C=O) groups excluding carboxylic acids is 1. The van der Waals surface area contributed by atoms with Crippen LogP contribution < -0.4 is 10.2 Å². The number of nitrogens with one attached hydrogen (secondary N) is 2. The van der Waals surface area contributed by atoms with Crippen molar-refractivity contribution in [2.24, 2.45) is 0 Å². The van der Waals surface area contributed by atoms with E-state index in [4.69, 9.17) is 4.74 Å². The van der Waals surface area contributed by atoms with E-state index in [1.54, 1.807) is 4.90 Å². The number of hydrogen-bond donors (Lipinski definition) is 2. The minimum absolute atomic E-state index is 0.0505. The molecule has 5 heteroatoms. The van der Waals surface area contributed by atoms with Gasteiger partial charge in [0, 0.05) is 28.7 Å². The molecule has 1 heterocycles. The first kappa shape index (κ1) is 18.7. The molecule has 0 radical (unpaired) electrons. The highest BCUT2D eigenvalue weighted by Gasteiger charge is 2.15. The van der Waals surface area contributed by atoms with E-state index in [-0.39, 0.29) is 5.91 Å². The second-order valence-corrected chi connectivity index (χ2v) is 8.53. The molecular formula is C20H31N2O2S+. The summed E-state index contributed by atoms with van der Waals surface area (Å²) < 4.78 is 5.40. The van der Waals surface area contributed by atoms with Crippen molar-refractivity contribution in [2.45, 2.75) is 43.9 Å². The van der Waals surface area contributed by atoms with Crippen LogP contribution in [-0.4, -0.2) is 49.8 Å². The van der Waals surface area contributed by atoms with Gasteiger partial charge in [-0.3, -0.25) is 4.79 Å². The number of rotatable bonds is 7. The Bertz CT molecular complexity index is 523. The Hall–Kier alpha value is -1.04. The molecule has 1 aliphatic carbocycles. The number of hydrogen-bond acceptors (Lipinski definition) is 3. The lowest BCUT2D eigenvalue weighted by Gasteiger charge is -2.23. The molecule has 1 aliphatic heterocycles. The lowest BCUT2D eigenvalue weighted by Crippen LogP contribution is -3.12. The first-order valence-corrected chi connectivity index (χ1v) is 10.8. The van der Waals surface area contributed by atoms with Crippen molar-refractivity contribution < 1.29 is 14.4 Å². The number of quaternary nitrogens is 1. The highest BCUT2D eigenvalue weighted by molar-refractivity contribution is 7.99. The zero-order chi connectivity index (χ0) is 17.3. The van der Waals surface area contributed by atoms with Gasteiger partial charge in [-0.1, -0.05) is 31.4 Å². The molecule has 1 amide bonds. The van der Waals surface area contributed by atoms with Crippen molar-refractivity contribution in [1.29, 1.82) is 0 Å². The molecule has 138 valence electrons. The summed E-state index contributed by atoms with van der Waals surface area (Å²) in [5, 5.41) is 3.87. The summed E-state index contributed by atoms with van der Waals surface area (Å²) in [5.74, 6) is 1.07. The Labute approximate surface area is 155 Å². The highest BCUT2D eigenvalue weighted by Crippen LogP contribution is 2.27. The van der Waals surface area contributed by atoms with Crippen LogP contribution in [0.15, 0.2) is 24.3 Å². The second-order valence-electron chi connectivity index (χ2n) is 7.12. The van der Waals surface area contributed by atoms with Gasteiger partial charge < -0.3 is 15.0 Å². The molecule has 25 heavy (non-hydrogen) atoms. The summed E-state index contributed by atoms with van der Waals surface area (Å²) >= 11 is 2.03. The van der Waals surface area contributed by atoms with Crippen LogP contribution in [0.1, 0.15) is 48.0 Å². The maximum absolute atomic E-state index is 12.3. The zero-order valence-electron chi connectivity index (χ0n) is 15.1. The average Bonchev–Trinajstić information content (AvgIpc) is 2.67. The van der Waals surface area contributed by atoms with Gasteiger partial charge in [0.2, 0.25) is 0 Å². The van der Waals surface area contributed by atoms with Crippen LogP contribution in [0.4, 0.5) is 0 Å². The Morgan fingerprint density at radius 3 is 2.56 bits per heavy atom. The van der Waals surface area contributed by atoms with Crippen LogP contribution in [0.25, 0.3) is 0 Å². The number of morpholine rings is 1. The minimum atomic E-state index is 0.0505. The van der Waals surface area contributed by atoms with Crippen molar-refractivity contribution in [3.05, 3.63) is 35.4 Å². The summed E-state index contributed by atoms with van der Waals surface area (Å²) in [7, 11) is 0. The molecule has 0 atom stereocenters. The molecule has 4 nitrogen and oxygen atoms in total. The molecule has 0 aromatic heterocycles. The SMILES string of the molecule is O=C(NCCSC1CCCCC1)c1ccc(C[NH+]2CCOCC2)cc1. The number of amides is 1. The van der Waals surface area contributed by atoms with E-state index >= 15 is 0 Å². The number of thioether (sulfide) groups is 1. The standard InChI is InChI=1S/C20H30N2O2S/c23-20(21-10-15-25-19-4-2-1-3-5-19)18-8-6-17(7-9-18)16-22-11-13-24-14-12-22/h6-9,19H,1-5,10-16H2,(H,21,23)/p+1. The summed E-state index contributed by atoms with van der Waals surface area (Å²) in [4.78, 5) is 13.8. The van der Waals surface area contributed by atoms with E-state index < -0.39 is 0 Å². The van der Waals surface area contributed by atoms with Gasteiger partial charge in [0.05, 0.1) is 13.2 Å². The fraction of sp³-hybridized carbons (Fsp3) is 0.650. The lowest BCUT2D eigenvalue weighted by atomic mass is 10.0. The van der Waals surface area contributed by atoms with E-state index in [1.165, 1.54) is 37.7 Å². The van der Waals surface area contributed by atoms with Gasteiger partial charge in [0.1, 0.15) is 19.6 Å². The molecule has 2 fully saturated rings. The quantitative estimate of drug-likeness (QED) is 0.727. The van der Waals surface area contributed by atoms with Crippen molar-refractivity contribution in [3.8, 4) is 0 Å². The molecule has 1 saturated carbocycles. The summed E-state index contributed by atoms with van der Waals surface area (Å²) in [6.07, 6.45) is 6.86. The van der Waals surface area contributed by atoms with Crippen molar-refractivity contribution in [1.82, 2.24) is 5.32 Å². The Morgan fingerprint density at radius 1 is 1.12 bits per heavy atom. The third-order valence-electron chi connectivity index (χ3n) is 5.16. The third-order valence-corrected chi connectivity index (χ3v) is 6.55. The van der Waals surface area contributed by atoms with Gasteiger partial charge in [-0.05, 0) is 25.0 Å². The van der Waals surface area contributed by atoms with E-state index in [0.29, 0.717) is 0 Å². The van der Waals surface area contributed by atoms with E-state index in [2.05, 4.69) is 17.4 Å². The molecule has 0 bridgehead atoms. The van der Waals surface area contributed by atoms with Crippen LogP contribution in [0.3, 0.4) is 0 Å². The normalized spacial score (nSPS) is 19.7. The number of benzene rings is 1.